The first-order chi connectivity index (χ1) is 18.5. The van der Waals surface area contributed by atoms with E-state index in [0.717, 1.165) is 82.2 Å². The number of piperidine rings is 1. The van der Waals surface area contributed by atoms with Crippen LogP contribution < -0.4 is 5.32 Å². The zero-order valence-electron chi connectivity index (χ0n) is 22.2. The molecule has 2 aromatic carbocycles. The number of hydrogen-bond donors (Lipinski definition) is 1. The molecule has 1 atom stereocenters. The molecule has 202 valence electrons. The highest BCUT2D eigenvalue weighted by molar-refractivity contribution is 6.30. The Bertz CT molecular complexity index is 1180. The highest BCUT2D eigenvalue weighted by atomic mass is 35.5. The standard InChI is InChI=1S/C30H38ClN5O2/c1-23-28(33-30(38-23)25-9-11-27(31)12-10-25)22-36-14-5-8-26(21-36)29(37)32-13-15-34-16-18-35(19-17-34)20-24-6-3-2-4-7-24/h2-4,6-7,9-12,26H,5,8,13-22H2,1H3,(H,32,37)/t26-/m1/s1. The van der Waals surface area contributed by atoms with E-state index >= 15 is 0 Å². The first-order valence-corrected chi connectivity index (χ1v) is 14.1. The van der Waals surface area contributed by atoms with Crippen LogP contribution in [0.15, 0.2) is 59.0 Å². The highest BCUT2D eigenvalue weighted by Gasteiger charge is 2.27. The summed E-state index contributed by atoms with van der Waals surface area (Å²) in [6.45, 7) is 11.3. The van der Waals surface area contributed by atoms with Crippen molar-refractivity contribution in [1.29, 1.82) is 0 Å². The van der Waals surface area contributed by atoms with Crippen molar-refractivity contribution >= 4 is 17.5 Å². The lowest BCUT2D eigenvalue weighted by molar-refractivity contribution is -0.126. The number of piperazine rings is 1. The fourth-order valence-corrected chi connectivity index (χ4v) is 5.54. The Morgan fingerprint density at radius 2 is 1.71 bits per heavy atom. The van der Waals surface area contributed by atoms with Gasteiger partial charge in [0.25, 0.3) is 0 Å². The second kappa shape index (κ2) is 12.9. The molecule has 0 unspecified atom stereocenters. The van der Waals surface area contributed by atoms with E-state index in [1.54, 1.807) is 0 Å². The van der Waals surface area contributed by atoms with Gasteiger partial charge in [-0.25, -0.2) is 4.98 Å². The van der Waals surface area contributed by atoms with Gasteiger partial charge < -0.3 is 9.73 Å². The number of benzene rings is 2. The van der Waals surface area contributed by atoms with Gasteiger partial charge in [-0.2, -0.15) is 0 Å². The third kappa shape index (κ3) is 7.23. The summed E-state index contributed by atoms with van der Waals surface area (Å²) in [4.78, 5) is 25.0. The molecule has 3 heterocycles. The van der Waals surface area contributed by atoms with E-state index in [-0.39, 0.29) is 11.8 Å². The van der Waals surface area contributed by atoms with Crippen LogP contribution >= 0.6 is 11.6 Å². The van der Waals surface area contributed by atoms with Crippen molar-refractivity contribution in [2.24, 2.45) is 5.92 Å². The summed E-state index contributed by atoms with van der Waals surface area (Å²) in [6.07, 6.45) is 1.96. The van der Waals surface area contributed by atoms with Gasteiger partial charge in [-0.05, 0) is 56.1 Å². The quantitative estimate of drug-likeness (QED) is 0.437. The lowest BCUT2D eigenvalue weighted by atomic mass is 9.97. The molecule has 7 nitrogen and oxygen atoms in total. The molecule has 1 aromatic heterocycles. The Kier molecular flexibility index (Phi) is 9.12. The summed E-state index contributed by atoms with van der Waals surface area (Å²) in [5.74, 6) is 1.64. The minimum atomic E-state index is 0.0226. The molecular weight excluding hydrogens is 498 g/mol. The zero-order valence-corrected chi connectivity index (χ0v) is 23.0. The van der Waals surface area contributed by atoms with Gasteiger partial charge in [0.2, 0.25) is 11.8 Å². The molecule has 1 N–H and O–H groups in total. The van der Waals surface area contributed by atoms with Gasteiger partial charge in [0.15, 0.2) is 0 Å². The molecule has 38 heavy (non-hydrogen) atoms. The van der Waals surface area contributed by atoms with Crippen LogP contribution in [0.3, 0.4) is 0 Å². The van der Waals surface area contributed by atoms with Crippen LogP contribution in [0.4, 0.5) is 0 Å². The Hall–Kier alpha value is -2.71. The monoisotopic (exact) mass is 535 g/mol. The van der Waals surface area contributed by atoms with Crippen LogP contribution in [0.5, 0.6) is 0 Å². The largest absolute Gasteiger partial charge is 0.441 e. The third-order valence-electron chi connectivity index (χ3n) is 7.67. The van der Waals surface area contributed by atoms with Gasteiger partial charge >= 0.3 is 0 Å². The first kappa shape index (κ1) is 26.9. The van der Waals surface area contributed by atoms with Gasteiger partial charge in [0, 0.05) is 69.5 Å². The summed E-state index contributed by atoms with van der Waals surface area (Å²) in [5.41, 5.74) is 3.22. The van der Waals surface area contributed by atoms with Crippen molar-refractivity contribution in [1.82, 2.24) is 25.0 Å². The summed E-state index contributed by atoms with van der Waals surface area (Å²) in [5, 5.41) is 3.90. The fourth-order valence-electron chi connectivity index (χ4n) is 5.41. The summed E-state index contributed by atoms with van der Waals surface area (Å²) >= 11 is 6.01. The van der Waals surface area contributed by atoms with Crippen molar-refractivity contribution in [2.45, 2.75) is 32.9 Å². The lowest BCUT2D eigenvalue weighted by Gasteiger charge is -2.35. The Balaban J connectivity index is 1.04. The molecule has 3 aromatic rings. The average Bonchev–Trinajstić information content (AvgIpc) is 3.30. The molecule has 2 fully saturated rings. The summed E-state index contributed by atoms with van der Waals surface area (Å²) < 4.78 is 5.94. The molecule has 2 aliphatic heterocycles. The van der Waals surface area contributed by atoms with E-state index < -0.39 is 0 Å². The Labute approximate surface area is 230 Å². The summed E-state index contributed by atoms with van der Waals surface area (Å²) in [6, 6.07) is 18.2. The van der Waals surface area contributed by atoms with Crippen LogP contribution in [0.1, 0.15) is 29.9 Å². The molecule has 8 heteroatoms. The maximum absolute atomic E-state index is 13.0. The van der Waals surface area contributed by atoms with Crippen LogP contribution in [-0.4, -0.2) is 77.9 Å². The third-order valence-corrected chi connectivity index (χ3v) is 7.93. The number of nitrogens with one attached hydrogen (secondary N) is 1. The van der Waals surface area contributed by atoms with E-state index in [1.807, 2.05) is 31.2 Å². The predicted octanol–water partition coefficient (Wildman–Crippen LogP) is 4.45. The van der Waals surface area contributed by atoms with Gasteiger partial charge in [-0.3, -0.25) is 19.5 Å². The average molecular weight is 536 g/mol. The second-order valence-corrected chi connectivity index (χ2v) is 10.9. The van der Waals surface area contributed by atoms with Crippen molar-refractivity contribution in [3.8, 4) is 11.5 Å². The number of nitrogens with zero attached hydrogens (tertiary/aromatic N) is 4. The fraction of sp³-hybridized carbons (Fsp3) is 0.467. The molecule has 0 bridgehead atoms. The number of halogens is 1. The SMILES string of the molecule is Cc1oc(-c2ccc(Cl)cc2)nc1CN1CCC[C@@H](C(=O)NCCN2CCN(Cc3ccccc3)CC2)C1. The van der Waals surface area contributed by atoms with E-state index in [1.165, 1.54) is 5.56 Å². The van der Waals surface area contributed by atoms with E-state index in [9.17, 15) is 4.79 Å². The predicted molar refractivity (Wildman–Crippen MR) is 151 cm³/mol. The Morgan fingerprint density at radius 3 is 2.47 bits per heavy atom. The van der Waals surface area contributed by atoms with E-state index in [2.05, 4.69) is 50.3 Å². The van der Waals surface area contributed by atoms with Gasteiger partial charge in [0.05, 0.1) is 11.6 Å². The minimum absolute atomic E-state index is 0.0226. The molecule has 5 rings (SSSR count). The molecule has 0 spiro atoms. The van der Waals surface area contributed by atoms with Crippen molar-refractivity contribution < 1.29 is 9.21 Å². The van der Waals surface area contributed by atoms with E-state index in [0.29, 0.717) is 24.0 Å². The molecule has 0 radical (unpaired) electrons. The summed E-state index contributed by atoms with van der Waals surface area (Å²) in [7, 11) is 0. The van der Waals surface area contributed by atoms with E-state index in [4.69, 9.17) is 21.0 Å². The minimum Gasteiger partial charge on any atom is -0.441 e. The Morgan fingerprint density at radius 1 is 0.974 bits per heavy atom. The number of hydrogen-bond acceptors (Lipinski definition) is 6. The number of rotatable bonds is 9. The second-order valence-electron chi connectivity index (χ2n) is 10.5. The number of aromatic nitrogens is 1. The van der Waals surface area contributed by atoms with Crippen molar-refractivity contribution in [3.63, 3.8) is 0 Å². The van der Waals surface area contributed by atoms with Crippen molar-refractivity contribution in [3.05, 3.63) is 76.6 Å². The van der Waals surface area contributed by atoms with Gasteiger partial charge in [0.1, 0.15) is 5.76 Å². The number of aryl methyl sites for hydroxylation is 1. The topological polar surface area (TPSA) is 64.9 Å². The molecule has 2 saturated heterocycles. The maximum Gasteiger partial charge on any atom is 0.226 e. The smallest absolute Gasteiger partial charge is 0.226 e. The van der Waals surface area contributed by atoms with Crippen LogP contribution in [0.25, 0.3) is 11.5 Å². The molecular formula is C30H38ClN5O2. The van der Waals surface area contributed by atoms with Crippen LogP contribution in [0, 0.1) is 12.8 Å². The number of oxazole rings is 1. The first-order valence-electron chi connectivity index (χ1n) is 13.7. The number of likely N-dealkylation sites (tertiary alicyclic amines) is 1. The zero-order chi connectivity index (χ0) is 26.3. The van der Waals surface area contributed by atoms with Crippen LogP contribution in [0.2, 0.25) is 5.02 Å². The normalized spacial score (nSPS) is 19.5. The number of amides is 1. The molecule has 1 amide bonds. The van der Waals surface area contributed by atoms with Gasteiger partial charge in [-0.15, -0.1) is 0 Å². The number of carbonyl (C=O) groups is 1. The van der Waals surface area contributed by atoms with Crippen LogP contribution in [-0.2, 0) is 17.9 Å². The maximum atomic E-state index is 13.0. The molecule has 0 aliphatic carbocycles. The highest BCUT2D eigenvalue weighted by Crippen LogP contribution is 2.25. The molecule has 0 saturated carbocycles. The molecule has 2 aliphatic rings. The van der Waals surface area contributed by atoms with Gasteiger partial charge in [-0.1, -0.05) is 41.9 Å². The van der Waals surface area contributed by atoms with Crippen molar-refractivity contribution in [2.75, 3.05) is 52.4 Å². The number of carbonyl (C=O) groups excluding carboxylic acids is 1. The lowest BCUT2D eigenvalue weighted by Crippen LogP contribution is -2.49.